The Hall–Kier alpha value is -1.86. The molecule has 6 nitrogen and oxygen atoms in total. The molecule has 2 aromatic rings. The summed E-state index contributed by atoms with van der Waals surface area (Å²) in [6, 6.07) is 7.57. The molecule has 1 fully saturated rings. The van der Waals surface area contributed by atoms with Crippen molar-refractivity contribution in [3.8, 4) is 0 Å². The Morgan fingerprint density at radius 1 is 1.42 bits per heavy atom. The largest absolute Gasteiger partial charge is 0.337 e. The minimum absolute atomic E-state index is 0.109. The monoisotopic (exact) mass is 346 g/mol. The van der Waals surface area contributed by atoms with Gasteiger partial charge in [-0.2, -0.15) is 11.8 Å². The van der Waals surface area contributed by atoms with Crippen molar-refractivity contribution < 1.29 is 4.79 Å². The van der Waals surface area contributed by atoms with Gasteiger partial charge < -0.3 is 15.2 Å². The van der Waals surface area contributed by atoms with Gasteiger partial charge in [0, 0.05) is 37.8 Å². The maximum atomic E-state index is 12.3. The van der Waals surface area contributed by atoms with E-state index in [1.807, 2.05) is 23.1 Å². The number of aromatic nitrogens is 2. The third kappa shape index (κ3) is 3.96. The minimum Gasteiger partial charge on any atom is -0.337 e. The number of hydrogen-bond acceptors (Lipinski definition) is 5. The quantitative estimate of drug-likeness (QED) is 0.800. The van der Waals surface area contributed by atoms with E-state index in [4.69, 9.17) is 0 Å². The van der Waals surface area contributed by atoms with Crippen molar-refractivity contribution in [2.75, 3.05) is 25.4 Å². The summed E-state index contributed by atoms with van der Waals surface area (Å²) in [5.74, 6) is 2.19. The van der Waals surface area contributed by atoms with Crippen molar-refractivity contribution in [3.05, 3.63) is 40.4 Å². The van der Waals surface area contributed by atoms with Crippen molar-refractivity contribution in [1.29, 1.82) is 0 Å². The van der Waals surface area contributed by atoms with Gasteiger partial charge in [-0.15, -0.1) is 0 Å². The highest BCUT2D eigenvalue weighted by atomic mass is 32.2. The smallest absolute Gasteiger partial charge is 0.258 e. The van der Waals surface area contributed by atoms with E-state index < -0.39 is 0 Å². The summed E-state index contributed by atoms with van der Waals surface area (Å²) in [6.45, 7) is 4.58. The lowest BCUT2D eigenvalue weighted by Crippen LogP contribution is -2.52. The first-order valence-electron chi connectivity index (χ1n) is 8.21. The van der Waals surface area contributed by atoms with Crippen molar-refractivity contribution in [1.82, 2.24) is 20.2 Å². The maximum absolute atomic E-state index is 12.3. The molecule has 7 heteroatoms. The van der Waals surface area contributed by atoms with E-state index in [-0.39, 0.29) is 17.5 Å². The van der Waals surface area contributed by atoms with Gasteiger partial charge in [-0.3, -0.25) is 9.59 Å². The van der Waals surface area contributed by atoms with Crippen LogP contribution in [-0.4, -0.2) is 52.2 Å². The summed E-state index contributed by atoms with van der Waals surface area (Å²) in [5, 5.41) is 3.89. The van der Waals surface area contributed by atoms with Crippen LogP contribution in [0.1, 0.15) is 19.2 Å². The van der Waals surface area contributed by atoms with E-state index in [2.05, 4.69) is 22.2 Å². The molecule has 24 heavy (non-hydrogen) atoms. The van der Waals surface area contributed by atoms with Crippen LogP contribution in [0.25, 0.3) is 10.9 Å². The summed E-state index contributed by atoms with van der Waals surface area (Å²) in [5.41, 5.74) is 0.601. The molecule has 1 aliphatic rings. The van der Waals surface area contributed by atoms with E-state index in [0.717, 1.165) is 25.4 Å². The van der Waals surface area contributed by atoms with Crippen LogP contribution in [0.5, 0.6) is 0 Å². The molecule has 0 spiro atoms. The number of carbonyl (C=O) groups is 1. The summed E-state index contributed by atoms with van der Waals surface area (Å²) in [7, 11) is 0. The van der Waals surface area contributed by atoms with Crippen LogP contribution in [0.2, 0.25) is 0 Å². The van der Waals surface area contributed by atoms with E-state index in [1.165, 1.54) is 0 Å². The third-order valence-electron chi connectivity index (χ3n) is 4.18. The van der Waals surface area contributed by atoms with Crippen LogP contribution >= 0.6 is 11.8 Å². The zero-order valence-corrected chi connectivity index (χ0v) is 14.6. The molecule has 1 aromatic heterocycles. The van der Waals surface area contributed by atoms with Crippen molar-refractivity contribution in [3.63, 3.8) is 0 Å². The number of fused-ring (bicyclic) bond motifs is 1. The fraction of sp³-hybridized carbons (Fsp3) is 0.471. The summed E-state index contributed by atoms with van der Waals surface area (Å²) in [6.07, 6.45) is 0.521. The van der Waals surface area contributed by atoms with E-state index in [9.17, 15) is 9.59 Å². The molecule has 0 aliphatic carbocycles. The molecule has 1 unspecified atom stereocenters. The molecular weight excluding hydrogens is 324 g/mol. The number of thioether (sulfide) groups is 1. The number of piperazine rings is 1. The number of aromatic amines is 1. The number of benzene rings is 1. The van der Waals surface area contributed by atoms with E-state index in [0.29, 0.717) is 28.9 Å². The number of rotatable bonds is 5. The molecule has 1 atom stereocenters. The number of nitrogens with one attached hydrogen (secondary N) is 2. The fourth-order valence-corrected chi connectivity index (χ4v) is 3.68. The normalized spacial score (nSPS) is 18.0. The molecular formula is C17H22N4O2S. The average Bonchev–Trinajstić information content (AvgIpc) is 2.59. The molecule has 0 radical (unpaired) electrons. The van der Waals surface area contributed by atoms with Gasteiger partial charge in [-0.1, -0.05) is 12.1 Å². The summed E-state index contributed by atoms with van der Waals surface area (Å²) in [4.78, 5) is 33.5. The average molecular weight is 346 g/mol. The summed E-state index contributed by atoms with van der Waals surface area (Å²) < 4.78 is 0. The predicted molar refractivity (Wildman–Crippen MR) is 97.2 cm³/mol. The highest BCUT2D eigenvalue weighted by Gasteiger charge is 2.22. The molecule has 128 valence electrons. The summed E-state index contributed by atoms with van der Waals surface area (Å²) >= 11 is 1.62. The zero-order chi connectivity index (χ0) is 16.9. The van der Waals surface area contributed by atoms with Gasteiger partial charge in [0.15, 0.2) is 0 Å². The number of carbonyl (C=O) groups excluding carboxylic acids is 1. The van der Waals surface area contributed by atoms with Crippen molar-refractivity contribution >= 4 is 28.6 Å². The van der Waals surface area contributed by atoms with Crippen LogP contribution in [-0.2, 0) is 10.5 Å². The number of para-hydroxylation sites is 1. The van der Waals surface area contributed by atoms with Gasteiger partial charge in [-0.05, 0) is 19.1 Å². The number of hydrogen-bond donors (Lipinski definition) is 2. The zero-order valence-electron chi connectivity index (χ0n) is 13.7. The lowest BCUT2D eigenvalue weighted by Gasteiger charge is -2.34. The standard InChI is InChI=1S/C17H22N4O2S/c1-12-10-18-7-8-21(12)16(22)6-9-24-11-15-19-14-5-3-2-4-13(14)17(23)20-15/h2-5,12,18H,6-11H2,1H3,(H,19,20,23). The highest BCUT2D eigenvalue weighted by molar-refractivity contribution is 7.98. The molecule has 1 saturated heterocycles. The van der Waals surface area contributed by atoms with Crippen LogP contribution < -0.4 is 10.9 Å². The third-order valence-corrected chi connectivity index (χ3v) is 5.15. The topological polar surface area (TPSA) is 78.1 Å². The van der Waals surface area contributed by atoms with Crippen LogP contribution in [0.3, 0.4) is 0 Å². The van der Waals surface area contributed by atoms with Crippen molar-refractivity contribution in [2.45, 2.75) is 25.1 Å². The maximum Gasteiger partial charge on any atom is 0.258 e. The van der Waals surface area contributed by atoms with Gasteiger partial charge in [0.05, 0.1) is 16.7 Å². The number of nitrogens with zero attached hydrogens (tertiary/aromatic N) is 2. The SMILES string of the molecule is CC1CNCCN1C(=O)CCSCc1nc2ccccc2c(=O)[nH]1. The predicted octanol–water partition coefficient (Wildman–Crippen LogP) is 1.37. The fourth-order valence-electron chi connectivity index (χ4n) is 2.89. The molecule has 1 aromatic carbocycles. The molecule has 1 amide bonds. The van der Waals surface area contributed by atoms with Crippen molar-refractivity contribution in [2.24, 2.45) is 0 Å². The Bertz CT molecular complexity index is 777. The highest BCUT2D eigenvalue weighted by Crippen LogP contribution is 2.13. The Labute approximate surface area is 145 Å². The first-order chi connectivity index (χ1) is 11.6. The number of amides is 1. The Balaban J connectivity index is 1.51. The Kier molecular flexibility index (Phi) is 5.52. The molecule has 3 rings (SSSR count). The Morgan fingerprint density at radius 2 is 2.25 bits per heavy atom. The molecule has 2 heterocycles. The van der Waals surface area contributed by atoms with Crippen LogP contribution in [0.15, 0.2) is 29.1 Å². The second-order valence-electron chi connectivity index (χ2n) is 5.97. The first-order valence-corrected chi connectivity index (χ1v) is 9.36. The second kappa shape index (κ2) is 7.81. The first kappa shape index (κ1) is 17.0. The molecule has 2 N–H and O–H groups in total. The van der Waals surface area contributed by atoms with Gasteiger partial charge in [0.25, 0.3) is 5.56 Å². The molecule has 1 aliphatic heterocycles. The number of H-pyrrole nitrogens is 1. The van der Waals surface area contributed by atoms with E-state index in [1.54, 1.807) is 17.8 Å². The minimum atomic E-state index is -0.109. The van der Waals surface area contributed by atoms with Gasteiger partial charge >= 0.3 is 0 Å². The van der Waals surface area contributed by atoms with Gasteiger partial charge in [0.2, 0.25) is 5.91 Å². The van der Waals surface area contributed by atoms with Crippen LogP contribution in [0, 0.1) is 0 Å². The Morgan fingerprint density at radius 3 is 3.08 bits per heavy atom. The van der Waals surface area contributed by atoms with Crippen LogP contribution in [0.4, 0.5) is 0 Å². The lowest BCUT2D eigenvalue weighted by atomic mass is 10.2. The van der Waals surface area contributed by atoms with E-state index >= 15 is 0 Å². The van der Waals surface area contributed by atoms with Gasteiger partial charge in [0.1, 0.15) is 5.82 Å². The molecule has 0 bridgehead atoms. The van der Waals surface area contributed by atoms with Gasteiger partial charge in [-0.25, -0.2) is 4.98 Å². The lowest BCUT2D eigenvalue weighted by molar-refractivity contribution is -0.133. The molecule has 0 saturated carbocycles. The second-order valence-corrected chi connectivity index (χ2v) is 7.08.